The van der Waals surface area contributed by atoms with E-state index in [0.29, 0.717) is 36.2 Å². The number of pyridine rings is 1. The summed E-state index contributed by atoms with van der Waals surface area (Å²) >= 11 is 0. The molecular formula is C23H25FN8O2. The number of aliphatic hydroxyl groups excluding tert-OH is 1. The second-order valence-electron chi connectivity index (χ2n) is 9.10. The summed E-state index contributed by atoms with van der Waals surface area (Å²) in [6, 6.07) is 4.19. The number of carbonyl (C=O) groups is 1. The summed E-state index contributed by atoms with van der Waals surface area (Å²) in [6.45, 7) is 0.671. The van der Waals surface area contributed by atoms with Crippen molar-refractivity contribution in [2.24, 2.45) is 0 Å². The average molecular weight is 465 g/mol. The fourth-order valence-electron chi connectivity index (χ4n) is 4.83. The monoisotopic (exact) mass is 464 g/mol. The van der Waals surface area contributed by atoms with Crippen molar-refractivity contribution in [3.05, 3.63) is 47.3 Å². The fraction of sp³-hybridized carbons (Fsp3) is 0.435. The quantitative estimate of drug-likeness (QED) is 0.409. The van der Waals surface area contributed by atoms with Crippen LogP contribution in [0.5, 0.6) is 0 Å². The van der Waals surface area contributed by atoms with Crippen molar-refractivity contribution in [2.45, 2.75) is 56.6 Å². The molecule has 4 heterocycles. The summed E-state index contributed by atoms with van der Waals surface area (Å²) < 4.78 is 13.1. The van der Waals surface area contributed by atoms with Gasteiger partial charge >= 0.3 is 0 Å². The first-order valence-corrected chi connectivity index (χ1v) is 11.6. The second kappa shape index (κ2) is 8.32. The van der Waals surface area contributed by atoms with Crippen molar-refractivity contribution in [3.63, 3.8) is 0 Å². The average Bonchev–Trinajstić information content (AvgIpc) is 3.29. The molecule has 0 radical (unpaired) electrons. The number of aryl methyl sites for hydroxylation is 1. The Hall–Kier alpha value is -3.60. The van der Waals surface area contributed by atoms with E-state index in [9.17, 15) is 14.3 Å². The third-order valence-electron chi connectivity index (χ3n) is 6.73. The Balaban J connectivity index is 1.24. The maximum Gasteiger partial charge on any atom is 0.247 e. The molecule has 3 atom stereocenters. The zero-order valence-electron chi connectivity index (χ0n) is 18.5. The van der Waals surface area contributed by atoms with Crippen LogP contribution in [0.2, 0.25) is 0 Å². The van der Waals surface area contributed by atoms with Crippen molar-refractivity contribution in [2.75, 3.05) is 22.1 Å². The van der Waals surface area contributed by atoms with Crippen LogP contribution in [0.3, 0.4) is 0 Å². The van der Waals surface area contributed by atoms with Crippen LogP contribution >= 0.6 is 0 Å². The SMILES string of the molecule is O=C(Nc1ccc(F)nc1)[C@@H]1CCCN1c1nc2c(c(Nc3cc([C@@H]4CC4O)[nH]n3)n1)CCC2. The number of aliphatic hydroxyl groups is 1. The zero-order valence-corrected chi connectivity index (χ0v) is 18.5. The molecule has 2 aliphatic carbocycles. The number of hydrogen-bond acceptors (Lipinski definition) is 8. The number of fused-ring (bicyclic) bond motifs is 1. The molecule has 176 valence electrons. The van der Waals surface area contributed by atoms with Crippen LogP contribution in [0, 0.1) is 5.95 Å². The molecule has 34 heavy (non-hydrogen) atoms. The molecule has 1 unspecified atom stereocenters. The van der Waals surface area contributed by atoms with Gasteiger partial charge in [-0.15, -0.1) is 0 Å². The number of aromatic nitrogens is 5. The topological polar surface area (TPSA) is 132 Å². The van der Waals surface area contributed by atoms with Crippen molar-refractivity contribution in [1.29, 1.82) is 0 Å². The number of nitrogens with zero attached hydrogens (tertiary/aromatic N) is 5. The number of carbonyl (C=O) groups excluding carboxylic acids is 1. The Kier molecular flexibility index (Phi) is 5.13. The molecule has 3 aromatic rings. The lowest BCUT2D eigenvalue weighted by Gasteiger charge is -2.25. The Bertz CT molecular complexity index is 1230. The minimum atomic E-state index is -0.593. The molecule has 10 nitrogen and oxygen atoms in total. The Morgan fingerprint density at radius 3 is 2.91 bits per heavy atom. The van der Waals surface area contributed by atoms with Crippen molar-refractivity contribution < 1.29 is 14.3 Å². The molecule has 1 saturated carbocycles. The summed E-state index contributed by atoms with van der Waals surface area (Å²) in [7, 11) is 0. The number of halogens is 1. The van der Waals surface area contributed by atoms with Crippen molar-refractivity contribution >= 4 is 29.2 Å². The number of nitrogens with one attached hydrogen (secondary N) is 3. The highest BCUT2D eigenvalue weighted by atomic mass is 19.1. The van der Waals surface area contributed by atoms with Gasteiger partial charge in [-0.2, -0.15) is 14.5 Å². The minimum Gasteiger partial charge on any atom is -0.392 e. The largest absolute Gasteiger partial charge is 0.392 e. The Labute approximate surface area is 195 Å². The van der Waals surface area contributed by atoms with E-state index in [1.807, 2.05) is 11.0 Å². The van der Waals surface area contributed by atoms with E-state index < -0.39 is 12.0 Å². The third kappa shape index (κ3) is 3.96. The molecule has 3 aliphatic rings. The first-order chi connectivity index (χ1) is 16.5. The number of amides is 1. The molecule has 1 aliphatic heterocycles. The van der Waals surface area contributed by atoms with Gasteiger partial charge in [-0.25, -0.2) is 9.97 Å². The van der Waals surface area contributed by atoms with Gasteiger partial charge in [0.25, 0.3) is 0 Å². The predicted molar refractivity (Wildman–Crippen MR) is 122 cm³/mol. The van der Waals surface area contributed by atoms with Crippen LogP contribution in [0.25, 0.3) is 0 Å². The van der Waals surface area contributed by atoms with Crippen LogP contribution in [-0.2, 0) is 17.6 Å². The van der Waals surface area contributed by atoms with Gasteiger partial charge in [0, 0.05) is 29.8 Å². The molecule has 0 bridgehead atoms. The highest BCUT2D eigenvalue weighted by Crippen LogP contribution is 2.40. The van der Waals surface area contributed by atoms with E-state index in [4.69, 9.17) is 9.97 Å². The van der Waals surface area contributed by atoms with Gasteiger partial charge in [0.15, 0.2) is 5.82 Å². The standard InChI is InChI=1S/C23H25FN8O2/c24-19-7-6-12(11-25-19)26-22(34)17-5-2-8-32(17)23-27-15-4-1-3-13(15)21(29-23)28-20-10-16(30-31-20)14-9-18(14)33/h6-7,10-11,14,17-18,33H,1-5,8-9H2,(H,26,34)(H2,27,28,29,30,31)/t14-,17-,18?/m0/s1. The van der Waals surface area contributed by atoms with E-state index in [0.717, 1.165) is 49.1 Å². The normalized spacial score (nSPS) is 23.1. The van der Waals surface area contributed by atoms with Gasteiger partial charge < -0.3 is 20.6 Å². The molecule has 0 aromatic carbocycles. The van der Waals surface area contributed by atoms with E-state index >= 15 is 0 Å². The molecule has 2 fully saturated rings. The van der Waals surface area contributed by atoms with Gasteiger partial charge in [-0.1, -0.05) is 0 Å². The fourth-order valence-corrected chi connectivity index (χ4v) is 4.83. The summed E-state index contributed by atoms with van der Waals surface area (Å²) in [5.41, 5.74) is 3.44. The zero-order chi connectivity index (χ0) is 23.2. The molecule has 1 amide bonds. The van der Waals surface area contributed by atoms with Crippen LogP contribution in [0.1, 0.15) is 48.6 Å². The van der Waals surface area contributed by atoms with Gasteiger partial charge in [-0.3, -0.25) is 9.89 Å². The molecule has 0 spiro atoms. The van der Waals surface area contributed by atoms with Crippen LogP contribution in [0.4, 0.5) is 27.7 Å². The summed E-state index contributed by atoms with van der Waals surface area (Å²) in [4.78, 5) is 28.2. The number of H-pyrrole nitrogens is 1. The van der Waals surface area contributed by atoms with Gasteiger partial charge in [-0.05, 0) is 50.7 Å². The summed E-state index contributed by atoms with van der Waals surface area (Å²) in [5, 5.41) is 23.2. The lowest BCUT2D eigenvalue weighted by atomic mass is 10.2. The summed E-state index contributed by atoms with van der Waals surface area (Å²) in [6.07, 6.45) is 6.03. The molecule has 11 heteroatoms. The number of anilines is 4. The van der Waals surface area contributed by atoms with E-state index in [2.05, 4.69) is 25.8 Å². The Morgan fingerprint density at radius 1 is 1.24 bits per heavy atom. The predicted octanol–water partition coefficient (Wildman–Crippen LogP) is 2.42. The smallest absolute Gasteiger partial charge is 0.247 e. The third-order valence-corrected chi connectivity index (χ3v) is 6.73. The van der Waals surface area contributed by atoms with Crippen molar-refractivity contribution in [3.8, 4) is 0 Å². The molecule has 1 saturated heterocycles. The highest BCUT2D eigenvalue weighted by Gasteiger charge is 2.38. The maximum absolute atomic E-state index is 13.1. The van der Waals surface area contributed by atoms with E-state index in [1.54, 1.807) is 0 Å². The summed E-state index contributed by atoms with van der Waals surface area (Å²) in [5.74, 6) is 1.21. The highest BCUT2D eigenvalue weighted by molar-refractivity contribution is 5.96. The molecule has 3 aromatic heterocycles. The van der Waals surface area contributed by atoms with Crippen LogP contribution in [-0.4, -0.2) is 54.9 Å². The maximum atomic E-state index is 13.1. The number of aromatic amines is 1. The molecule has 4 N–H and O–H groups in total. The van der Waals surface area contributed by atoms with Gasteiger partial charge in [0.2, 0.25) is 17.8 Å². The van der Waals surface area contributed by atoms with E-state index in [-0.39, 0.29) is 17.9 Å². The number of rotatable bonds is 6. The second-order valence-corrected chi connectivity index (χ2v) is 9.10. The molecular weight excluding hydrogens is 439 g/mol. The van der Waals surface area contributed by atoms with Gasteiger partial charge in [0.1, 0.15) is 11.9 Å². The van der Waals surface area contributed by atoms with Crippen LogP contribution < -0.4 is 15.5 Å². The van der Waals surface area contributed by atoms with Crippen molar-refractivity contribution in [1.82, 2.24) is 25.1 Å². The lowest BCUT2D eigenvalue weighted by Crippen LogP contribution is -2.40. The van der Waals surface area contributed by atoms with Crippen LogP contribution in [0.15, 0.2) is 24.4 Å². The van der Waals surface area contributed by atoms with Gasteiger partial charge in [0.05, 0.1) is 23.7 Å². The van der Waals surface area contributed by atoms with E-state index in [1.165, 1.54) is 18.3 Å². The molecule has 6 rings (SSSR count). The Morgan fingerprint density at radius 2 is 2.12 bits per heavy atom. The minimum absolute atomic E-state index is 0.120. The first kappa shape index (κ1) is 21.0. The lowest BCUT2D eigenvalue weighted by molar-refractivity contribution is -0.117. The number of hydrogen-bond donors (Lipinski definition) is 4. The first-order valence-electron chi connectivity index (χ1n) is 11.6.